The molecule has 0 aliphatic rings. The summed E-state index contributed by atoms with van der Waals surface area (Å²) in [5, 5.41) is 10.8. The standard InChI is InChI=1S/C16H14ClNO4/c1-10-3-5-12(6-4-10)16(19)11(2)22-15-8-7-13(18(20)21)9-14(15)17/h3-9,11H,1-2H3. The fourth-order valence-corrected chi connectivity index (χ4v) is 2.11. The van der Waals surface area contributed by atoms with Crippen LogP contribution in [0.25, 0.3) is 0 Å². The highest BCUT2D eigenvalue weighted by Crippen LogP contribution is 2.29. The third-order valence-electron chi connectivity index (χ3n) is 3.14. The molecular formula is C16H14ClNO4. The van der Waals surface area contributed by atoms with E-state index < -0.39 is 11.0 Å². The fraction of sp³-hybridized carbons (Fsp3) is 0.188. The second-order valence-corrected chi connectivity index (χ2v) is 5.27. The maximum Gasteiger partial charge on any atom is 0.271 e. The van der Waals surface area contributed by atoms with Crippen LogP contribution in [0.1, 0.15) is 22.8 Å². The molecule has 5 nitrogen and oxygen atoms in total. The van der Waals surface area contributed by atoms with Crippen molar-refractivity contribution in [3.8, 4) is 5.75 Å². The molecule has 6 heteroatoms. The van der Waals surface area contributed by atoms with Gasteiger partial charge in [-0.05, 0) is 19.9 Å². The van der Waals surface area contributed by atoms with Gasteiger partial charge in [0.15, 0.2) is 6.10 Å². The van der Waals surface area contributed by atoms with Crippen molar-refractivity contribution in [1.29, 1.82) is 0 Å². The second kappa shape index (κ2) is 6.58. The van der Waals surface area contributed by atoms with Crippen LogP contribution in [-0.2, 0) is 0 Å². The molecule has 2 rings (SSSR count). The Balaban J connectivity index is 2.14. The number of ketones is 1. The Labute approximate surface area is 132 Å². The van der Waals surface area contributed by atoms with Crippen molar-refractivity contribution in [3.63, 3.8) is 0 Å². The van der Waals surface area contributed by atoms with Gasteiger partial charge in [-0.3, -0.25) is 14.9 Å². The molecule has 0 bridgehead atoms. The van der Waals surface area contributed by atoms with Gasteiger partial charge in [-0.15, -0.1) is 0 Å². The summed E-state index contributed by atoms with van der Waals surface area (Å²) in [4.78, 5) is 22.4. The second-order valence-electron chi connectivity index (χ2n) is 4.86. The summed E-state index contributed by atoms with van der Waals surface area (Å²) in [7, 11) is 0. The monoisotopic (exact) mass is 319 g/mol. The number of non-ortho nitro benzene ring substituents is 1. The van der Waals surface area contributed by atoms with Gasteiger partial charge >= 0.3 is 0 Å². The number of nitrogens with zero attached hydrogens (tertiary/aromatic N) is 1. The molecule has 0 N–H and O–H groups in total. The van der Waals surface area contributed by atoms with Crippen molar-refractivity contribution in [2.24, 2.45) is 0 Å². The van der Waals surface area contributed by atoms with Crippen molar-refractivity contribution in [2.75, 3.05) is 0 Å². The summed E-state index contributed by atoms with van der Waals surface area (Å²) < 4.78 is 5.52. The number of halogens is 1. The van der Waals surface area contributed by atoms with Crippen LogP contribution in [0.15, 0.2) is 42.5 Å². The van der Waals surface area contributed by atoms with Gasteiger partial charge in [-0.1, -0.05) is 41.4 Å². The quantitative estimate of drug-likeness (QED) is 0.470. The van der Waals surface area contributed by atoms with Gasteiger partial charge in [-0.25, -0.2) is 0 Å². The molecule has 0 aliphatic carbocycles. The summed E-state index contributed by atoms with van der Waals surface area (Å²) in [6.07, 6.45) is -0.748. The minimum absolute atomic E-state index is 0.0951. The van der Waals surface area contributed by atoms with Crippen LogP contribution in [0, 0.1) is 17.0 Å². The first-order valence-electron chi connectivity index (χ1n) is 6.60. The normalized spacial score (nSPS) is 11.8. The van der Waals surface area contributed by atoms with E-state index in [1.54, 1.807) is 19.1 Å². The molecule has 22 heavy (non-hydrogen) atoms. The molecular weight excluding hydrogens is 306 g/mol. The van der Waals surface area contributed by atoms with Crippen molar-refractivity contribution < 1.29 is 14.5 Å². The number of hydrogen-bond acceptors (Lipinski definition) is 4. The van der Waals surface area contributed by atoms with Crippen molar-refractivity contribution in [2.45, 2.75) is 20.0 Å². The van der Waals surface area contributed by atoms with Crippen LogP contribution < -0.4 is 4.74 Å². The van der Waals surface area contributed by atoms with Crippen molar-refractivity contribution >= 4 is 23.1 Å². The van der Waals surface area contributed by atoms with E-state index in [9.17, 15) is 14.9 Å². The third kappa shape index (κ3) is 3.62. The molecule has 0 fully saturated rings. The number of hydrogen-bond donors (Lipinski definition) is 0. The van der Waals surface area contributed by atoms with E-state index in [4.69, 9.17) is 16.3 Å². The number of ether oxygens (including phenoxy) is 1. The molecule has 114 valence electrons. The number of rotatable bonds is 5. The molecule has 0 saturated heterocycles. The average molecular weight is 320 g/mol. The van der Waals surface area contributed by atoms with E-state index in [2.05, 4.69) is 0 Å². The lowest BCUT2D eigenvalue weighted by molar-refractivity contribution is -0.384. The van der Waals surface area contributed by atoms with Gasteiger partial charge in [0.25, 0.3) is 5.69 Å². The molecule has 1 unspecified atom stereocenters. The van der Waals surface area contributed by atoms with Crippen LogP contribution in [0.4, 0.5) is 5.69 Å². The predicted octanol–water partition coefficient (Wildman–Crippen LogP) is 4.21. The predicted molar refractivity (Wildman–Crippen MR) is 83.7 cm³/mol. The Kier molecular flexibility index (Phi) is 4.78. The molecule has 0 saturated carbocycles. The van der Waals surface area contributed by atoms with Gasteiger partial charge in [0.2, 0.25) is 5.78 Å². The van der Waals surface area contributed by atoms with E-state index in [-0.39, 0.29) is 22.2 Å². The molecule has 0 heterocycles. The lowest BCUT2D eigenvalue weighted by Gasteiger charge is -2.14. The van der Waals surface area contributed by atoms with Gasteiger partial charge in [0.05, 0.1) is 9.95 Å². The van der Waals surface area contributed by atoms with Crippen molar-refractivity contribution in [1.82, 2.24) is 0 Å². The largest absolute Gasteiger partial charge is 0.481 e. The Morgan fingerprint density at radius 2 is 1.86 bits per heavy atom. The Bertz CT molecular complexity index is 713. The fourth-order valence-electron chi connectivity index (χ4n) is 1.90. The van der Waals surface area contributed by atoms with Crippen LogP contribution in [0.5, 0.6) is 5.75 Å². The highest BCUT2D eigenvalue weighted by atomic mass is 35.5. The van der Waals surface area contributed by atoms with Crippen LogP contribution >= 0.6 is 11.6 Å². The number of nitro groups is 1. The van der Waals surface area contributed by atoms with Gasteiger partial charge in [0.1, 0.15) is 5.75 Å². The highest BCUT2D eigenvalue weighted by Gasteiger charge is 2.19. The summed E-state index contributed by atoms with van der Waals surface area (Å²) >= 11 is 5.95. The lowest BCUT2D eigenvalue weighted by Crippen LogP contribution is -2.24. The van der Waals surface area contributed by atoms with Crippen LogP contribution in [0.2, 0.25) is 5.02 Å². The minimum atomic E-state index is -0.748. The number of benzene rings is 2. The zero-order valence-electron chi connectivity index (χ0n) is 12.1. The Hall–Kier alpha value is -2.40. The SMILES string of the molecule is Cc1ccc(C(=O)C(C)Oc2ccc([N+](=O)[O-])cc2Cl)cc1. The number of carbonyl (C=O) groups excluding carboxylic acids is 1. The topological polar surface area (TPSA) is 69.4 Å². The minimum Gasteiger partial charge on any atom is -0.481 e. The molecule has 0 amide bonds. The van der Waals surface area contributed by atoms with E-state index in [0.717, 1.165) is 5.56 Å². The van der Waals surface area contributed by atoms with Gasteiger partial charge < -0.3 is 4.74 Å². The first kappa shape index (κ1) is 16.0. The summed E-state index contributed by atoms with van der Waals surface area (Å²) in [6.45, 7) is 3.55. The summed E-state index contributed by atoms with van der Waals surface area (Å²) in [5.74, 6) is 0.0506. The number of nitro benzene ring substituents is 1. The molecule has 0 aromatic heterocycles. The van der Waals surface area contributed by atoms with E-state index >= 15 is 0 Å². The van der Waals surface area contributed by atoms with Crippen LogP contribution in [-0.4, -0.2) is 16.8 Å². The first-order valence-corrected chi connectivity index (χ1v) is 6.98. The zero-order valence-corrected chi connectivity index (χ0v) is 12.8. The van der Waals surface area contributed by atoms with Crippen LogP contribution in [0.3, 0.4) is 0 Å². The Morgan fingerprint density at radius 1 is 1.23 bits per heavy atom. The smallest absolute Gasteiger partial charge is 0.271 e. The van der Waals surface area contributed by atoms with Gasteiger partial charge in [0, 0.05) is 17.7 Å². The zero-order chi connectivity index (χ0) is 16.3. The van der Waals surface area contributed by atoms with E-state index in [0.29, 0.717) is 5.56 Å². The average Bonchev–Trinajstić information content (AvgIpc) is 2.49. The Morgan fingerprint density at radius 3 is 2.41 bits per heavy atom. The number of aryl methyl sites for hydroxylation is 1. The maximum atomic E-state index is 12.3. The van der Waals surface area contributed by atoms with Gasteiger partial charge in [-0.2, -0.15) is 0 Å². The molecule has 0 radical (unpaired) electrons. The highest BCUT2D eigenvalue weighted by molar-refractivity contribution is 6.32. The third-order valence-corrected chi connectivity index (χ3v) is 3.43. The van der Waals surface area contributed by atoms with E-state index in [1.807, 2.05) is 19.1 Å². The molecule has 1 atom stereocenters. The number of carbonyl (C=O) groups is 1. The molecule has 2 aromatic carbocycles. The maximum absolute atomic E-state index is 12.3. The molecule has 0 spiro atoms. The summed E-state index contributed by atoms with van der Waals surface area (Å²) in [6, 6.07) is 11.0. The number of Topliss-reactive ketones (excluding diaryl/α,β-unsaturated/α-hetero) is 1. The summed E-state index contributed by atoms with van der Waals surface area (Å²) in [5.41, 5.74) is 1.47. The lowest BCUT2D eigenvalue weighted by atomic mass is 10.1. The molecule has 0 aliphatic heterocycles. The first-order chi connectivity index (χ1) is 10.4. The van der Waals surface area contributed by atoms with Crippen molar-refractivity contribution in [3.05, 3.63) is 68.7 Å². The van der Waals surface area contributed by atoms with E-state index in [1.165, 1.54) is 18.2 Å². The molecule has 2 aromatic rings.